The van der Waals surface area contributed by atoms with E-state index in [1.807, 2.05) is 31.2 Å². The predicted molar refractivity (Wildman–Crippen MR) is 48.9 cm³/mol. The van der Waals surface area contributed by atoms with Crippen molar-refractivity contribution in [2.45, 2.75) is 6.92 Å². The zero-order valence-electron chi connectivity index (χ0n) is 6.69. The lowest BCUT2D eigenvalue weighted by Gasteiger charge is -1.93. The summed E-state index contributed by atoms with van der Waals surface area (Å²) in [5.41, 5.74) is 7.53. The highest BCUT2D eigenvalue weighted by Crippen LogP contribution is 2.06. The summed E-state index contributed by atoms with van der Waals surface area (Å²) in [5, 5.41) is 0. The number of anilines is 1. The largest absolute Gasteiger partial charge is 0.399 e. The number of rotatable bonds is 0. The molecule has 0 saturated heterocycles. The minimum Gasteiger partial charge on any atom is -0.399 e. The summed E-state index contributed by atoms with van der Waals surface area (Å²) in [6.45, 7) is 2.00. The van der Waals surface area contributed by atoms with Crippen LogP contribution < -0.4 is 5.73 Å². The summed E-state index contributed by atoms with van der Waals surface area (Å²) in [5.74, 6) is 0. The van der Waals surface area contributed by atoms with Crippen molar-refractivity contribution in [3.05, 3.63) is 29.8 Å². The van der Waals surface area contributed by atoms with Crippen molar-refractivity contribution in [3.63, 3.8) is 0 Å². The lowest BCUT2D eigenvalue weighted by atomic mass is 10.2. The standard InChI is InChI=1S/C7H9N.B.3FH/c1-6-4-2-3-5-7(6)8;;;;/h2-5H,8H2,1H3;;3*1H. The fourth-order valence-corrected chi connectivity index (χ4v) is 0.587. The van der Waals surface area contributed by atoms with Crippen molar-refractivity contribution < 1.29 is 14.1 Å². The number of aryl methyl sites for hydroxylation is 1. The Labute approximate surface area is 71.6 Å². The first kappa shape index (κ1) is 22.4. The lowest BCUT2D eigenvalue weighted by Crippen LogP contribution is -1.85. The van der Waals surface area contributed by atoms with E-state index in [1.54, 1.807) is 0 Å². The molecule has 0 amide bonds. The first-order valence-electron chi connectivity index (χ1n) is 2.62. The number of nitrogens with two attached hydrogens (primary N) is 1. The van der Waals surface area contributed by atoms with Crippen LogP contribution in [0.3, 0.4) is 0 Å². The molecule has 0 unspecified atom stereocenters. The highest BCUT2D eigenvalue weighted by molar-refractivity contribution is 5.75. The second kappa shape index (κ2) is 9.87. The Kier molecular flexibility index (Phi) is 18.5. The fourth-order valence-electron chi connectivity index (χ4n) is 0.587. The van der Waals surface area contributed by atoms with Crippen LogP contribution in [0, 0.1) is 6.92 Å². The van der Waals surface area contributed by atoms with Crippen LogP contribution in [0.4, 0.5) is 19.8 Å². The first-order valence-corrected chi connectivity index (χ1v) is 2.62. The van der Waals surface area contributed by atoms with Crippen LogP contribution in [0.15, 0.2) is 24.3 Å². The van der Waals surface area contributed by atoms with E-state index in [-0.39, 0.29) is 22.5 Å². The Morgan fingerprint density at radius 1 is 1.00 bits per heavy atom. The van der Waals surface area contributed by atoms with E-state index in [9.17, 15) is 0 Å². The van der Waals surface area contributed by atoms with Gasteiger partial charge in [0, 0.05) is 14.1 Å². The number of halogens is 3. The molecule has 3 radical (unpaired) electrons. The van der Waals surface area contributed by atoms with E-state index >= 15 is 0 Å². The SMILES string of the molecule is Cc1ccccc1N.F.F.F.[B]. The van der Waals surface area contributed by atoms with E-state index in [2.05, 4.69) is 0 Å². The Balaban J connectivity index is -0.0000000800. The molecule has 1 aromatic rings. The average Bonchev–Trinajstić information content (AvgIpc) is 1.77. The molecule has 1 nitrogen and oxygen atoms in total. The van der Waals surface area contributed by atoms with E-state index < -0.39 is 0 Å². The molecule has 2 N–H and O–H groups in total. The quantitative estimate of drug-likeness (QED) is 0.474. The molecule has 0 aliphatic rings. The van der Waals surface area contributed by atoms with Gasteiger partial charge in [-0.15, -0.1) is 0 Å². The number of benzene rings is 1. The van der Waals surface area contributed by atoms with Gasteiger partial charge in [0.15, 0.2) is 0 Å². The number of hydrogen-bond acceptors (Lipinski definition) is 1. The van der Waals surface area contributed by atoms with Gasteiger partial charge in [-0.3, -0.25) is 14.1 Å². The predicted octanol–water partition coefficient (Wildman–Crippen LogP) is 1.65. The molecule has 0 aliphatic heterocycles. The van der Waals surface area contributed by atoms with Crippen LogP contribution in [-0.4, -0.2) is 8.41 Å². The zero-order chi connectivity index (χ0) is 5.98. The second-order valence-corrected chi connectivity index (χ2v) is 1.86. The molecule has 1 aromatic carbocycles. The Hall–Kier alpha value is -1.13. The molecule has 12 heavy (non-hydrogen) atoms. The van der Waals surface area contributed by atoms with Gasteiger partial charge in [-0.2, -0.15) is 0 Å². The highest BCUT2D eigenvalue weighted by atomic mass is 19.0. The Morgan fingerprint density at radius 2 is 1.42 bits per heavy atom. The van der Waals surface area contributed by atoms with Gasteiger partial charge in [0.05, 0.1) is 0 Å². The van der Waals surface area contributed by atoms with Gasteiger partial charge >= 0.3 is 0 Å². The minimum absolute atomic E-state index is 0. The third-order valence-corrected chi connectivity index (χ3v) is 1.19. The van der Waals surface area contributed by atoms with Crippen LogP contribution in [0.1, 0.15) is 5.56 Å². The van der Waals surface area contributed by atoms with Crippen LogP contribution in [-0.2, 0) is 0 Å². The monoisotopic (exact) mass is 178 g/mol. The molecule has 0 spiro atoms. The van der Waals surface area contributed by atoms with Gasteiger partial charge in [-0.25, -0.2) is 0 Å². The second-order valence-electron chi connectivity index (χ2n) is 1.86. The summed E-state index contributed by atoms with van der Waals surface area (Å²) in [6.07, 6.45) is 0. The van der Waals surface area contributed by atoms with Crippen LogP contribution in [0.25, 0.3) is 0 Å². The highest BCUT2D eigenvalue weighted by Gasteiger charge is 1.84. The van der Waals surface area contributed by atoms with Gasteiger partial charge in [0.1, 0.15) is 0 Å². The van der Waals surface area contributed by atoms with Gasteiger partial charge in [0.2, 0.25) is 0 Å². The maximum absolute atomic E-state index is 5.52. The van der Waals surface area contributed by atoms with Crippen molar-refractivity contribution in [3.8, 4) is 0 Å². The Morgan fingerprint density at radius 3 is 1.67 bits per heavy atom. The minimum atomic E-state index is 0. The molecule has 1 rings (SSSR count). The smallest absolute Gasteiger partial charge is 0.0343 e. The van der Waals surface area contributed by atoms with Gasteiger partial charge in [0.25, 0.3) is 0 Å². The number of para-hydroxylation sites is 1. The molecule has 0 aromatic heterocycles. The van der Waals surface area contributed by atoms with E-state index in [0.717, 1.165) is 11.3 Å². The first-order chi connectivity index (χ1) is 3.80. The topological polar surface area (TPSA) is 26.0 Å². The summed E-state index contributed by atoms with van der Waals surface area (Å²) < 4.78 is 0. The lowest BCUT2D eigenvalue weighted by molar-refractivity contribution is 1.11. The molecule has 5 heteroatoms. The summed E-state index contributed by atoms with van der Waals surface area (Å²) in [6, 6.07) is 7.80. The Bertz CT molecular complexity index is 175. The molecule has 0 fully saturated rings. The van der Waals surface area contributed by atoms with Crippen molar-refractivity contribution in [1.82, 2.24) is 0 Å². The van der Waals surface area contributed by atoms with Gasteiger partial charge < -0.3 is 5.73 Å². The zero-order valence-corrected chi connectivity index (χ0v) is 6.69. The maximum Gasteiger partial charge on any atom is 0.0343 e. The molecule has 0 aliphatic carbocycles. The van der Waals surface area contributed by atoms with Crippen molar-refractivity contribution in [2.75, 3.05) is 5.73 Å². The van der Waals surface area contributed by atoms with Crippen LogP contribution in [0.2, 0.25) is 0 Å². The summed E-state index contributed by atoms with van der Waals surface area (Å²) in [4.78, 5) is 0. The van der Waals surface area contributed by atoms with Gasteiger partial charge in [-0.05, 0) is 18.6 Å². The summed E-state index contributed by atoms with van der Waals surface area (Å²) >= 11 is 0. The van der Waals surface area contributed by atoms with E-state index in [0.29, 0.717) is 0 Å². The molecule has 0 bridgehead atoms. The van der Waals surface area contributed by atoms with Gasteiger partial charge in [-0.1, -0.05) is 18.2 Å². The normalized spacial score (nSPS) is 6.08. The molecule has 69 valence electrons. The molecular formula is C7H12BF3N. The van der Waals surface area contributed by atoms with Crippen LogP contribution in [0.5, 0.6) is 0 Å². The van der Waals surface area contributed by atoms with E-state index in [4.69, 9.17) is 5.73 Å². The molecule has 0 atom stereocenters. The number of nitrogen functional groups attached to an aromatic ring is 1. The third kappa shape index (κ3) is 5.64. The maximum atomic E-state index is 5.52. The molecule has 0 heterocycles. The van der Waals surface area contributed by atoms with Crippen molar-refractivity contribution >= 4 is 14.1 Å². The average molecular weight is 178 g/mol. The molecular weight excluding hydrogens is 166 g/mol. The van der Waals surface area contributed by atoms with Crippen LogP contribution >= 0.6 is 0 Å². The fraction of sp³-hybridized carbons (Fsp3) is 0.143. The third-order valence-electron chi connectivity index (χ3n) is 1.19. The van der Waals surface area contributed by atoms with Crippen molar-refractivity contribution in [2.24, 2.45) is 0 Å². The number of hydrogen-bond donors (Lipinski definition) is 1. The molecule has 0 saturated carbocycles. The van der Waals surface area contributed by atoms with E-state index in [1.165, 1.54) is 0 Å². The summed E-state index contributed by atoms with van der Waals surface area (Å²) in [7, 11) is 0. The van der Waals surface area contributed by atoms with Crippen molar-refractivity contribution in [1.29, 1.82) is 0 Å².